The first-order valence-electron chi connectivity index (χ1n) is 7.40. The van der Waals surface area contributed by atoms with Crippen molar-refractivity contribution in [1.29, 1.82) is 0 Å². The minimum absolute atomic E-state index is 0.720. The lowest BCUT2D eigenvalue weighted by Crippen LogP contribution is -2.30. The van der Waals surface area contributed by atoms with E-state index in [1.807, 2.05) is 12.1 Å². The highest BCUT2D eigenvalue weighted by molar-refractivity contribution is 6.31. The summed E-state index contributed by atoms with van der Waals surface area (Å²) in [6.07, 6.45) is 4.12. The van der Waals surface area contributed by atoms with Crippen LogP contribution in [0, 0.1) is 5.92 Å². The van der Waals surface area contributed by atoms with Crippen molar-refractivity contribution in [3.63, 3.8) is 0 Å². The Morgan fingerprint density at radius 1 is 1.40 bits per heavy atom. The van der Waals surface area contributed by atoms with E-state index in [4.69, 9.17) is 16.3 Å². The Bertz CT molecular complexity index is 421. The predicted molar refractivity (Wildman–Crippen MR) is 85.6 cm³/mol. The number of benzene rings is 1. The molecule has 3 nitrogen and oxygen atoms in total. The maximum Gasteiger partial charge on any atom is 0.0587 e. The maximum absolute atomic E-state index is 6.37. The zero-order valence-corrected chi connectivity index (χ0v) is 13.2. The van der Waals surface area contributed by atoms with Crippen LogP contribution in [0.4, 0.5) is 5.69 Å². The number of nitrogens with zero attached hydrogens (tertiary/aromatic N) is 1. The molecule has 0 heterocycles. The van der Waals surface area contributed by atoms with Gasteiger partial charge in [-0.25, -0.2) is 0 Å². The van der Waals surface area contributed by atoms with Crippen molar-refractivity contribution in [2.24, 2.45) is 5.92 Å². The Kier molecular flexibility index (Phi) is 6.14. The van der Waals surface area contributed by atoms with E-state index in [0.717, 1.165) is 37.2 Å². The van der Waals surface area contributed by atoms with Crippen molar-refractivity contribution in [3.05, 3.63) is 28.8 Å². The number of anilines is 1. The Hall–Kier alpha value is -0.770. The van der Waals surface area contributed by atoms with Crippen LogP contribution in [0.1, 0.15) is 24.8 Å². The molecule has 0 aliphatic heterocycles. The molecule has 0 radical (unpaired) electrons. The molecule has 1 aliphatic carbocycles. The lowest BCUT2D eigenvalue weighted by Gasteiger charge is -2.32. The van der Waals surface area contributed by atoms with Crippen LogP contribution in [0.15, 0.2) is 18.2 Å². The number of hydrogen-bond donors (Lipinski definition) is 1. The molecule has 4 heteroatoms. The third kappa shape index (κ3) is 4.11. The van der Waals surface area contributed by atoms with Crippen molar-refractivity contribution in [1.82, 2.24) is 5.32 Å². The van der Waals surface area contributed by atoms with Crippen molar-refractivity contribution >= 4 is 17.3 Å². The van der Waals surface area contributed by atoms with Crippen molar-refractivity contribution in [2.45, 2.75) is 25.8 Å². The summed E-state index contributed by atoms with van der Waals surface area (Å²) < 4.78 is 5.06. The lowest BCUT2D eigenvalue weighted by atomic mass is 9.85. The first-order chi connectivity index (χ1) is 9.72. The van der Waals surface area contributed by atoms with E-state index in [1.165, 1.54) is 30.5 Å². The Labute approximate surface area is 127 Å². The summed E-state index contributed by atoms with van der Waals surface area (Å²) >= 11 is 6.37. The zero-order chi connectivity index (χ0) is 14.4. The summed E-state index contributed by atoms with van der Waals surface area (Å²) in [6.45, 7) is 3.48. The molecule has 0 atom stereocenters. The van der Waals surface area contributed by atoms with Crippen LogP contribution in [0.25, 0.3) is 0 Å². The van der Waals surface area contributed by atoms with E-state index < -0.39 is 0 Å². The van der Waals surface area contributed by atoms with E-state index >= 15 is 0 Å². The molecule has 2 rings (SSSR count). The van der Waals surface area contributed by atoms with Crippen LogP contribution >= 0.6 is 11.6 Å². The van der Waals surface area contributed by atoms with Gasteiger partial charge in [0.15, 0.2) is 0 Å². The molecule has 20 heavy (non-hydrogen) atoms. The van der Waals surface area contributed by atoms with E-state index in [1.54, 1.807) is 7.11 Å². The summed E-state index contributed by atoms with van der Waals surface area (Å²) in [5, 5.41) is 4.22. The second-order valence-electron chi connectivity index (χ2n) is 5.58. The SMILES string of the molecule is COCCNCc1c(Cl)cccc1N(C)CC1CCC1. The molecule has 0 bridgehead atoms. The van der Waals surface area contributed by atoms with Gasteiger partial charge in [-0.3, -0.25) is 0 Å². The minimum Gasteiger partial charge on any atom is -0.383 e. The monoisotopic (exact) mass is 296 g/mol. The first-order valence-corrected chi connectivity index (χ1v) is 7.78. The molecule has 1 aromatic rings. The molecule has 1 aromatic carbocycles. The highest BCUT2D eigenvalue weighted by Crippen LogP contribution is 2.31. The van der Waals surface area contributed by atoms with Crippen LogP contribution in [0.3, 0.4) is 0 Å². The molecule has 112 valence electrons. The van der Waals surface area contributed by atoms with Crippen LogP contribution < -0.4 is 10.2 Å². The van der Waals surface area contributed by atoms with Gasteiger partial charge in [0.05, 0.1) is 6.61 Å². The lowest BCUT2D eigenvalue weighted by molar-refractivity contribution is 0.199. The highest BCUT2D eigenvalue weighted by Gasteiger charge is 2.20. The first kappa shape index (κ1) is 15.6. The molecule has 0 unspecified atom stereocenters. The van der Waals surface area contributed by atoms with Gasteiger partial charge in [0, 0.05) is 50.1 Å². The van der Waals surface area contributed by atoms with Gasteiger partial charge in [-0.1, -0.05) is 24.1 Å². The van der Waals surface area contributed by atoms with E-state index in [2.05, 4.69) is 23.3 Å². The molecule has 0 amide bonds. The fraction of sp³-hybridized carbons (Fsp3) is 0.625. The van der Waals surface area contributed by atoms with Gasteiger partial charge in [0.2, 0.25) is 0 Å². The van der Waals surface area contributed by atoms with Gasteiger partial charge >= 0.3 is 0 Å². The quantitative estimate of drug-likeness (QED) is 0.745. The summed E-state index contributed by atoms with van der Waals surface area (Å²) in [5.41, 5.74) is 2.43. The normalized spacial score (nSPS) is 15.2. The van der Waals surface area contributed by atoms with E-state index in [9.17, 15) is 0 Å². The molecule has 0 saturated heterocycles. The van der Waals surface area contributed by atoms with Crippen molar-refractivity contribution < 1.29 is 4.74 Å². The average molecular weight is 297 g/mol. The molecule has 0 spiro atoms. The number of ether oxygens (including phenoxy) is 1. The largest absolute Gasteiger partial charge is 0.383 e. The van der Waals surface area contributed by atoms with Crippen LogP contribution in [-0.4, -0.2) is 33.9 Å². The number of nitrogens with one attached hydrogen (secondary N) is 1. The smallest absolute Gasteiger partial charge is 0.0587 e. The summed E-state index contributed by atoms with van der Waals surface area (Å²) in [5.74, 6) is 0.855. The van der Waals surface area contributed by atoms with Gasteiger partial charge in [-0.15, -0.1) is 0 Å². The predicted octanol–water partition coefficient (Wildman–Crippen LogP) is 3.31. The number of rotatable bonds is 8. The Balaban J connectivity index is 2.00. The molecule has 0 aromatic heterocycles. The number of methoxy groups -OCH3 is 1. The van der Waals surface area contributed by atoms with Crippen molar-refractivity contribution in [2.75, 3.05) is 38.8 Å². The zero-order valence-electron chi connectivity index (χ0n) is 12.5. The van der Waals surface area contributed by atoms with Gasteiger partial charge < -0.3 is 15.0 Å². The van der Waals surface area contributed by atoms with Crippen LogP contribution in [0.5, 0.6) is 0 Å². The second kappa shape index (κ2) is 7.87. The third-order valence-electron chi connectivity index (χ3n) is 4.05. The standard InChI is InChI=1S/C16H25ClN2O/c1-19(12-13-5-3-6-13)16-8-4-7-15(17)14(16)11-18-9-10-20-2/h4,7-8,13,18H,3,5-6,9-12H2,1-2H3. The van der Waals surface area contributed by atoms with Gasteiger partial charge in [-0.2, -0.15) is 0 Å². The molecule has 1 fully saturated rings. The summed E-state index contributed by atoms with van der Waals surface area (Å²) in [7, 11) is 3.89. The molecular weight excluding hydrogens is 272 g/mol. The van der Waals surface area contributed by atoms with Crippen LogP contribution in [0.2, 0.25) is 5.02 Å². The summed E-state index contributed by atoms with van der Waals surface area (Å²) in [4.78, 5) is 2.35. The highest BCUT2D eigenvalue weighted by atomic mass is 35.5. The van der Waals surface area contributed by atoms with Gasteiger partial charge in [-0.05, 0) is 30.9 Å². The molecule has 1 N–H and O–H groups in total. The minimum atomic E-state index is 0.720. The third-order valence-corrected chi connectivity index (χ3v) is 4.40. The molecular formula is C16H25ClN2O. The average Bonchev–Trinajstić information content (AvgIpc) is 2.40. The topological polar surface area (TPSA) is 24.5 Å². The molecule has 1 aliphatic rings. The van der Waals surface area contributed by atoms with E-state index in [-0.39, 0.29) is 0 Å². The number of halogens is 1. The number of hydrogen-bond acceptors (Lipinski definition) is 3. The van der Waals surface area contributed by atoms with E-state index in [0.29, 0.717) is 0 Å². The fourth-order valence-corrected chi connectivity index (χ4v) is 2.86. The molecule has 1 saturated carbocycles. The van der Waals surface area contributed by atoms with Crippen LogP contribution in [-0.2, 0) is 11.3 Å². The van der Waals surface area contributed by atoms with Crippen molar-refractivity contribution in [3.8, 4) is 0 Å². The Morgan fingerprint density at radius 2 is 2.20 bits per heavy atom. The van der Waals surface area contributed by atoms with Gasteiger partial charge in [0.25, 0.3) is 0 Å². The Morgan fingerprint density at radius 3 is 2.85 bits per heavy atom. The maximum atomic E-state index is 6.37. The second-order valence-corrected chi connectivity index (χ2v) is 5.99. The summed E-state index contributed by atoms with van der Waals surface area (Å²) in [6, 6.07) is 6.17. The fourth-order valence-electron chi connectivity index (χ4n) is 2.63. The van der Waals surface area contributed by atoms with Gasteiger partial charge in [0.1, 0.15) is 0 Å².